The summed E-state index contributed by atoms with van der Waals surface area (Å²) in [4.78, 5) is 14.5. The maximum Gasteiger partial charge on any atom is 0.222 e. The number of hydrogen-bond donors (Lipinski definition) is 1. The first kappa shape index (κ1) is 18.5. The van der Waals surface area contributed by atoms with E-state index in [1.165, 1.54) is 0 Å². The van der Waals surface area contributed by atoms with Crippen LogP contribution in [0.2, 0.25) is 0 Å². The summed E-state index contributed by atoms with van der Waals surface area (Å²) in [6.07, 6.45) is 3.82. The van der Waals surface area contributed by atoms with Crippen LogP contribution in [0.25, 0.3) is 0 Å². The molecule has 1 saturated heterocycles. The van der Waals surface area contributed by atoms with Gasteiger partial charge in [-0.15, -0.1) is 0 Å². The molecule has 21 heavy (non-hydrogen) atoms. The number of rotatable bonds is 5. The average Bonchev–Trinajstić information content (AvgIpc) is 2.81. The Morgan fingerprint density at radius 2 is 1.81 bits per heavy atom. The molecule has 3 heteroatoms. The van der Waals surface area contributed by atoms with Gasteiger partial charge in [0.15, 0.2) is 0 Å². The van der Waals surface area contributed by atoms with E-state index in [4.69, 9.17) is 5.73 Å². The van der Waals surface area contributed by atoms with E-state index in [2.05, 4.69) is 46.4 Å². The highest BCUT2D eigenvalue weighted by Crippen LogP contribution is 2.35. The second kappa shape index (κ2) is 7.13. The molecule has 0 aliphatic carbocycles. The van der Waals surface area contributed by atoms with Crippen molar-refractivity contribution in [1.29, 1.82) is 0 Å². The van der Waals surface area contributed by atoms with Crippen molar-refractivity contribution in [2.24, 2.45) is 28.4 Å². The van der Waals surface area contributed by atoms with Gasteiger partial charge in [0.25, 0.3) is 0 Å². The molecule has 0 aromatic rings. The summed E-state index contributed by atoms with van der Waals surface area (Å²) in [7, 11) is 0. The highest BCUT2D eigenvalue weighted by Gasteiger charge is 2.34. The van der Waals surface area contributed by atoms with Gasteiger partial charge in [0.05, 0.1) is 0 Å². The van der Waals surface area contributed by atoms with E-state index in [0.29, 0.717) is 36.1 Å². The molecule has 1 heterocycles. The number of amides is 1. The third kappa shape index (κ3) is 5.61. The fraction of sp³-hybridized carbons (Fsp3) is 0.944. The van der Waals surface area contributed by atoms with Crippen LogP contribution in [0.15, 0.2) is 0 Å². The number of nitrogens with two attached hydrogens (primary N) is 1. The quantitative estimate of drug-likeness (QED) is 0.841. The molecule has 1 amide bonds. The van der Waals surface area contributed by atoms with E-state index in [1.807, 2.05) is 0 Å². The molecule has 0 saturated carbocycles. The Balaban J connectivity index is 2.47. The molecule has 1 aliphatic rings. The van der Waals surface area contributed by atoms with Gasteiger partial charge < -0.3 is 10.6 Å². The Morgan fingerprint density at radius 1 is 1.19 bits per heavy atom. The summed E-state index contributed by atoms with van der Waals surface area (Å²) in [5.41, 5.74) is 6.27. The molecule has 3 nitrogen and oxygen atoms in total. The highest BCUT2D eigenvalue weighted by molar-refractivity contribution is 5.76. The Hall–Kier alpha value is -0.570. The van der Waals surface area contributed by atoms with Crippen LogP contribution in [0.5, 0.6) is 0 Å². The summed E-state index contributed by atoms with van der Waals surface area (Å²) in [5.74, 6) is 1.52. The van der Waals surface area contributed by atoms with Crippen LogP contribution in [0, 0.1) is 22.7 Å². The summed E-state index contributed by atoms with van der Waals surface area (Å²) >= 11 is 0. The van der Waals surface area contributed by atoms with Gasteiger partial charge in [-0.3, -0.25) is 4.79 Å². The average molecular weight is 296 g/mol. The van der Waals surface area contributed by atoms with Gasteiger partial charge in [-0.05, 0) is 48.5 Å². The third-order valence-electron chi connectivity index (χ3n) is 5.21. The van der Waals surface area contributed by atoms with Gasteiger partial charge in [0.1, 0.15) is 0 Å². The molecule has 1 fully saturated rings. The van der Waals surface area contributed by atoms with Crippen LogP contribution in [0.1, 0.15) is 67.2 Å². The van der Waals surface area contributed by atoms with Crippen molar-refractivity contribution in [3.63, 3.8) is 0 Å². The predicted octanol–water partition coefficient (Wildman–Crippen LogP) is 3.67. The number of nitrogens with zero attached hydrogens (tertiary/aromatic N) is 1. The summed E-state index contributed by atoms with van der Waals surface area (Å²) in [5, 5.41) is 0. The van der Waals surface area contributed by atoms with Crippen LogP contribution < -0.4 is 5.73 Å². The van der Waals surface area contributed by atoms with Crippen molar-refractivity contribution in [2.75, 3.05) is 19.6 Å². The number of carbonyl (C=O) groups is 1. The molecule has 0 radical (unpaired) electrons. The zero-order chi connectivity index (χ0) is 16.3. The molecule has 0 spiro atoms. The lowest BCUT2D eigenvalue weighted by atomic mass is 9.76. The summed E-state index contributed by atoms with van der Waals surface area (Å²) in [6.45, 7) is 16.2. The summed E-state index contributed by atoms with van der Waals surface area (Å²) < 4.78 is 0. The summed E-state index contributed by atoms with van der Waals surface area (Å²) in [6, 6.07) is 0. The van der Waals surface area contributed by atoms with E-state index in [0.717, 1.165) is 32.4 Å². The lowest BCUT2D eigenvalue weighted by molar-refractivity contribution is -0.130. The van der Waals surface area contributed by atoms with E-state index in [-0.39, 0.29) is 5.41 Å². The zero-order valence-corrected chi connectivity index (χ0v) is 15.0. The van der Waals surface area contributed by atoms with Crippen LogP contribution in [0.3, 0.4) is 0 Å². The maximum absolute atomic E-state index is 12.4. The van der Waals surface area contributed by atoms with Crippen molar-refractivity contribution in [3.05, 3.63) is 0 Å². The fourth-order valence-corrected chi connectivity index (χ4v) is 3.36. The monoisotopic (exact) mass is 296 g/mol. The van der Waals surface area contributed by atoms with Gasteiger partial charge in [-0.1, -0.05) is 41.5 Å². The normalized spacial score (nSPS) is 21.7. The first-order chi connectivity index (χ1) is 9.55. The van der Waals surface area contributed by atoms with Gasteiger partial charge >= 0.3 is 0 Å². The topological polar surface area (TPSA) is 46.3 Å². The zero-order valence-electron chi connectivity index (χ0n) is 15.0. The minimum atomic E-state index is 0.235. The molecule has 0 bridgehead atoms. The first-order valence-electron chi connectivity index (χ1n) is 8.53. The standard InChI is InChI=1S/C18H36N2O/c1-17(2,3)14(9-11-19)7-8-16(21)20-12-10-15(13-20)18(4,5)6/h14-15H,7-13,19H2,1-6H3. The molecule has 2 N–H and O–H groups in total. The third-order valence-corrected chi connectivity index (χ3v) is 5.21. The predicted molar refractivity (Wildman–Crippen MR) is 90.0 cm³/mol. The molecular formula is C18H36N2O. The molecule has 0 aromatic carbocycles. The lowest BCUT2D eigenvalue weighted by Gasteiger charge is -2.31. The fourth-order valence-electron chi connectivity index (χ4n) is 3.36. The van der Waals surface area contributed by atoms with E-state index in [9.17, 15) is 4.79 Å². The molecular weight excluding hydrogens is 260 g/mol. The molecule has 1 aliphatic heterocycles. The van der Waals surface area contributed by atoms with Gasteiger partial charge in [0.2, 0.25) is 5.91 Å². The van der Waals surface area contributed by atoms with E-state index < -0.39 is 0 Å². The number of carbonyl (C=O) groups excluding carboxylic acids is 1. The highest BCUT2D eigenvalue weighted by atomic mass is 16.2. The lowest BCUT2D eigenvalue weighted by Crippen LogP contribution is -2.32. The van der Waals surface area contributed by atoms with Crippen molar-refractivity contribution >= 4 is 5.91 Å². The van der Waals surface area contributed by atoms with Gasteiger partial charge in [-0.2, -0.15) is 0 Å². The molecule has 1 rings (SSSR count). The molecule has 2 unspecified atom stereocenters. The molecule has 2 atom stereocenters. The maximum atomic E-state index is 12.4. The van der Waals surface area contributed by atoms with E-state index >= 15 is 0 Å². The Kier molecular flexibility index (Phi) is 6.27. The van der Waals surface area contributed by atoms with Gasteiger partial charge in [0, 0.05) is 19.5 Å². The largest absolute Gasteiger partial charge is 0.342 e. The number of hydrogen-bond acceptors (Lipinski definition) is 2. The van der Waals surface area contributed by atoms with Crippen LogP contribution >= 0.6 is 0 Å². The van der Waals surface area contributed by atoms with Gasteiger partial charge in [-0.25, -0.2) is 0 Å². The first-order valence-corrected chi connectivity index (χ1v) is 8.53. The Morgan fingerprint density at radius 3 is 2.24 bits per heavy atom. The molecule has 124 valence electrons. The van der Waals surface area contributed by atoms with Crippen LogP contribution in [0.4, 0.5) is 0 Å². The van der Waals surface area contributed by atoms with Crippen LogP contribution in [-0.2, 0) is 4.79 Å². The molecule has 0 aromatic heterocycles. The smallest absolute Gasteiger partial charge is 0.222 e. The number of likely N-dealkylation sites (tertiary alicyclic amines) is 1. The van der Waals surface area contributed by atoms with Crippen molar-refractivity contribution in [1.82, 2.24) is 4.90 Å². The second-order valence-corrected chi connectivity index (χ2v) is 8.87. The second-order valence-electron chi connectivity index (χ2n) is 8.87. The minimum Gasteiger partial charge on any atom is -0.342 e. The SMILES string of the molecule is CC(C)(C)C(CCN)CCC(=O)N1CCC(C(C)(C)C)C1. The van der Waals surface area contributed by atoms with Crippen molar-refractivity contribution in [2.45, 2.75) is 67.2 Å². The Bertz CT molecular complexity index is 338. The van der Waals surface area contributed by atoms with Crippen molar-refractivity contribution < 1.29 is 4.79 Å². The van der Waals surface area contributed by atoms with E-state index in [1.54, 1.807) is 0 Å². The Labute approximate surface area is 131 Å². The van der Waals surface area contributed by atoms with Crippen LogP contribution in [-0.4, -0.2) is 30.4 Å². The minimum absolute atomic E-state index is 0.235. The van der Waals surface area contributed by atoms with Crippen molar-refractivity contribution in [3.8, 4) is 0 Å².